The fourth-order valence-corrected chi connectivity index (χ4v) is 9.85. The molecule has 6 aliphatic rings. The fourth-order valence-electron chi connectivity index (χ4n) is 9.85. The first-order valence-corrected chi connectivity index (χ1v) is 19.4. The number of nitrogens with one attached hydrogen (secondary N) is 3. The van der Waals surface area contributed by atoms with Crippen molar-refractivity contribution in [2.24, 2.45) is 10.9 Å². The monoisotopic (exact) mass is 626 g/mol. The second kappa shape index (κ2) is 15.3. The van der Waals surface area contributed by atoms with E-state index >= 15 is 0 Å². The van der Waals surface area contributed by atoms with Crippen LogP contribution < -0.4 is 16.0 Å². The number of ether oxygens (including phenoxy) is 1. The maximum atomic E-state index is 13.6. The Morgan fingerprint density at radius 3 is 2.33 bits per heavy atom. The fraction of sp³-hybridized carbons (Fsp3) is 0.919. The lowest BCUT2D eigenvalue weighted by atomic mass is 9.89. The van der Waals surface area contributed by atoms with E-state index in [1.807, 2.05) is 0 Å². The molecular weight excluding hydrogens is 560 g/mol. The molecule has 0 aliphatic carbocycles. The summed E-state index contributed by atoms with van der Waals surface area (Å²) in [7, 11) is 0. The zero-order chi connectivity index (χ0) is 31.3. The lowest BCUT2D eigenvalue weighted by Crippen LogP contribution is -2.63. The third kappa shape index (κ3) is 7.77. The third-order valence-corrected chi connectivity index (χ3v) is 12.1. The Kier molecular flexibility index (Phi) is 11.2. The molecule has 0 aromatic carbocycles. The minimum Gasteiger partial charge on any atom is -0.462 e. The van der Waals surface area contributed by atoms with E-state index < -0.39 is 0 Å². The van der Waals surface area contributed by atoms with Crippen LogP contribution in [0.3, 0.4) is 0 Å². The molecule has 3 saturated heterocycles. The first kappa shape index (κ1) is 32.9. The number of carbonyl (C=O) groups is 1. The van der Waals surface area contributed by atoms with E-state index in [1.165, 1.54) is 115 Å². The highest BCUT2D eigenvalue weighted by atomic mass is 16.5. The van der Waals surface area contributed by atoms with E-state index in [1.54, 1.807) is 0 Å². The normalized spacial score (nSPS) is 35.5. The van der Waals surface area contributed by atoms with E-state index in [0.717, 1.165) is 37.3 Å². The molecule has 8 nitrogen and oxygen atoms in total. The number of esters is 1. The smallest absolute Gasteiger partial charge is 0.346 e. The van der Waals surface area contributed by atoms with Gasteiger partial charge in [-0.2, -0.15) is 0 Å². The molecule has 10 atom stereocenters. The van der Waals surface area contributed by atoms with E-state index in [0.29, 0.717) is 24.2 Å². The number of carbonyl (C=O) groups excluding carboxylic acids is 1. The minimum absolute atomic E-state index is 0.0225. The molecule has 6 rings (SSSR count). The summed E-state index contributed by atoms with van der Waals surface area (Å²) >= 11 is 0. The van der Waals surface area contributed by atoms with Gasteiger partial charge in [0.2, 0.25) is 0 Å². The zero-order valence-electron chi connectivity index (χ0n) is 29.1. The molecule has 0 aromatic heterocycles. The highest BCUT2D eigenvalue weighted by molar-refractivity contribution is 5.86. The zero-order valence-corrected chi connectivity index (χ0v) is 29.1. The molecule has 0 aromatic rings. The van der Waals surface area contributed by atoms with Crippen LogP contribution in [0.25, 0.3) is 0 Å². The topological polar surface area (TPSA) is 81.0 Å². The van der Waals surface area contributed by atoms with Crippen molar-refractivity contribution in [1.82, 2.24) is 20.9 Å². The quantitative estimate of drug-likeness (QED) is 0.107. The molecule has 6 heterocycles. The van der Waals surface area contributed by atoms with Crippen molar-refractivity contribution in [3.8, 4) is 0 Å². The first-order valence-electron chi connectivity index (χ1n) is 19.4. The Balaban J connectivity index is 0.898. The molecule has 3 fully saturated rings. The van der Waals surface area contributed by atoms with Gasteiger partial charge in [-0.3, -0.25) is 20.0 Å². The van der Waals surface area contributed by atoms with Crippen molar-refractivity contribution in [1.29, 1.82) is 0 Å². The summed E-state index contributed by atoms with van der Waals surface area (Å²) in [4.78, 5) is 21.1. The number of hydrogen-bond donors (Lipinski definition) is 3. The van der Waals surface area contributed by atoms with Gasteiger partial charge in [-0.25, -0.2) is 4.99 Å². The molecule has 0 amide bonds. The Morgan fingerprint density at radius 1 is 0.867 bits per heavy atom. The van der Waals surface area contributed by atoms with Gasteiger partial charge in [-0.15, -0.1) is 0 Å². The summed E-state index contributed by atoms with van der Waals surface area (Å²) in [6, 6.07) is 3.89. The molecule has 8 heteroatoms. The van der Waals surface area contributed by atoms with Crippen molar-refractivity contribution in [2.45, 2.75) is 211 Å². The average Bonchev–Trinajstić information content (AvgIpc) is 3.61. The Labute approximate surface area is 274 Å². The van der Waals surface area contributed by atoms with Gasteiger partial charge in [0.25, 0.3) is 0 Å². The molecule has 3 N–H and O–H groups in total. The maximum absolute atomic E-state index is 13.6. The van der Waals surface area contributed by atoms with E-state index in [9.17, 15) is 4.79 Å². The van der Waals surface area contributed by atoms with E-state index in [-0.39, 0.29) is 30.1 Å². The van der Waals surface area contributed by atoms with Crippen molar-refractivity contribution in [3.63, 3.8) is 0 Å². The second-order valence-electron chi connectivity index (χ2n) is 15.8. The summed E-state index contributed by atoms with van der Waals surface area (Å²) in [6.07, 6.45) is 25.2. The lowest BCUT2D eigenvalue weighted by Gasteiger charge is -2.47. The van der Waals surface area contributed by atoms with Crippen LogP contribution in [0.15, 0.2) is 4.99 Å². The number of rotatable bonds is 16. The highest BCUT2D eigenvalue weighted by Crippen LogP contribution is 2.40. The molecule has 45 heavy (non-hydrogen) atoms. The Hall–Kier alpha value is -1.99. The van der Waals surface area contributed by atoms with Crippen LogP contribution in [0.5, 0.6) is 0 Å². The van der Waals surface area contributed by atoms with Crippen LogP contribution >= 0.6 is 0 Å². The molecule has 254 valence electrons. The molecular formula is C37H65N6O2+. The summed E-state index contributed by atoms with van der Waals surface area (Å²) < 4.78 is 8.79. The van der Waals surface area contributed by atoms with Crippen molar-refractivity contribution in [3.05, 3.63) is 0 Å². The van der Waals surface area contributed by atoms with Crippen molar-refractivity contribution in [2.75, 3.05) is 0 Å². The van der Waals surface area contributed by atoms with Crippen LogP contribution in [0.1, 0.15) is 156 Å². The van der Waals surface area contributed by atoms with Gasteiger partial charge in [0.1, 0.15) is 0 Å². The van der Waals surface area contributed by atoms with Gasteiger partial charge in [0.05, 0.1) is 42.2 Å². The van der Waals surface area contributed by atoms with Crippen molar-refractivity contribution >= 4 is 17.9 Å². The van der Waals surface area contributed by atoms with Gasteiger partial charge < -0.3 is 15.0 Å². The van der Waals surface area contributed by atoms with E-state index in [2.05, 4.69) is 53.1 Å². The van der Waals surface area contributed by atoms with Crippen LogP contribution in [-0.2, 0) is 9.53 Å². The number of unbranched alkanes of at least 4 members (excludes halogenated alkanes) is 8. The highest BCUT2D eigenvalue weighted by Gasteiger charge is 2.51. The van der Waals surface area contributed by atoms with Crippen molar-refractivity contribution < 1.29 is 14.1 Å². The Morgan fingerprint density at radius 2 is 1.56 bits per heavy atom. The lowest BCUT2D eigenvalue weighted by molar-refractivity contribution is -0.593. The van der Waals surface area contributed by atoms with Crippen LogP contribution in [0.2, 0.25) is 0 Å². The van der Waals surface area contributed by atoms with Crippen LogP contribution in [0.4, 0.5) is 0 Å². The largest absolute Gasteiger partial charge is 0.462 e. The first-order chi connectivity index (χ1) is 21.9. The van der Waals surface area contributed by atoms with Gasteiger partial charge in [-0.1, -0.05) is 64.7 Å². The second-order valence-corrected chi connectivity index (χ2v) is 15.8. The predicted octanol–water partition coefficient (Wildman–Crippen LogP) is 6.22. The summed E-state index contributed by atoms with van der Waals surface area (Å²) in [5.41, 5.74) is 0. The number of aliphatic imine (C=N–C) groups is 1. The molecule has 2 unspecified atom stereocenters. The molecule has 0 saturated carbocycles. The van der Waals surface area contributed by atoms with Gasteiger partial charge >= 0.3 is 11.9 Å². The summed E-state index contributed by atoms with van der Waals surface area (Å²) in [5.74, 6) is 2.20. The average molecular weight is 626 g/mol. The summed E-state index contributed by atoms with van der Waals surface area (Å²) in [5, 5.41) is 11.4. The van der Waals surface area contributed by atoms with Gasteiger partial charge in [0.15, 0.2) is 5.96 Å². The number of guanidine groups is 2. The molecule has 0 bridgehead atoms. The van der Waals surface area contributed by atoms with Crippen LogP contribution in [0, 0.1) is 5.92 Å². The number of nitrogens with zero attached hydrogens (tertiary/aromatic N) is 3. The SMILES string of the molecule is CCCCCCCCC[C@@H]1C[C@@H]2CC[C@H]3C(C(=O)O[C@H](C)CCCCC[C@@H]4C[C@@H]5CC[C@@H]6C[C@H](C)NC(=[N+]65)N4)C(C)N=C(N1)N23. The predicted molar refractivity (Wildman–Crippen MR) is 183 cm³/mol. The van der Waals surface area contributed by atoms with E-state index in [4.69, 9.17) is 9.73 Å². The van der Waals surface area contributed by atoms with Crippen LogP contribution in [-0.4, -0.2) is 81.8 Å². The minimum atomic E-state index is -0.150. The van der Waals surface area contributed by atoms with Gasteiger partial charge in [-0.05, 0) is 78.6 Å². The molecule has 0 radical (unpaired) electrons. The standard InChI is InChI=1S/C37H64N6O2/c1-5-6-7-8-9-10-13-16-29-24-32-20-21-33-34(27(4)39-37(41-29)43(32)33)35(44)45-26(3)15-12-11-14-17-28-23-31-19-18-30-22-25(2)38-36(40-28)42(30)31/h25-34H,5-24H2,1-4H3,(H2,38,39,40,41)/p+1/t25-,26+,27?,28+,29+,30+,31-,32-,33-,34?/m0/s1. The maximum Gasteiger partial charge on any atom is 0.346 e. The third-order valence-electron chi connectivity index (χ3n) is 12.1. The molecule has 0 spiro atoms. The summed E-state index contributed by atoms with van der Waals surface area (Å²) in [6.45, 7) is 8.82. The van der Waals surface area contributed by atoms with Gasteiger partial charge in [0, 0.05) is 31.0 Å². The Bertz CT molecular complexity index is 1060. The molecule has 6 aliphatic heterocycles. The number of hydrogen-bond acceptors (Lipinski definition) is 7.